The predicted octanol–water partition coefficient (Wildman–Crippen LogP) is 5.24. The van der Waals surface area contributed by atoms with Gasteiger partial charge in [-0.3, -0.25) is 0 Å². The van der Waals surface area contributed by atoms with Crippen LogP contribution in [0.25, 0.3) is 23.0 Å². The van der Waals surface area contributed by atoms with Gasteiger partial charge < -0.3 is 4.74 Å². The summed E-state index contributed by atoms with van der Waals surface area (Å²) in [5.74, 6) is 1.81. The first-order valence-electron chi connectivity index (χ1n) is 7.05. The summed E-state index contributed by atoms with van der Waals surface area (Å²) in [5.41, 5.74) is 4.65. The largest absolute Gasteiger partial charge is 0.456 e. The first-order chi connectivity index (χ1) is 10.4. The Morgan fingerprint density at radius 3 is 2.00 bits per heavy atom. The Morgan fingerprint density at radius 2 is 1.19 bits per heavy atom. The van der Waals surface area contributed by atoms with Gasteiger partial charge in [-0.05, 0) is 23.3 Å². The first kappa shape index (κ1) is 12.0. The normalized spacial score (nSPS) is 14.2. The summed E-state index contributed by atoms with van der Waals surface area (Å²) in [6, 6.07) is 26.8. The molecule has 1 heteroatoms. The summed E-state index contributed by atoms with van der Waals surface area (Å²) in [5, 5.41) is 0. The number of benzene rings is 3. The highest BCUT2D eigenvalue weighted by Crippen LogP contribution is 2.42. The maximum Gasteiger partial charge on any atom is 0.135 e. The van der Waals surface area contributed by atoms with Gasteiger partial charge in [-0.1, -0.05) is 72.8 Å². The lowest BCUT2D eigenvalue weighted by Crippen LogP contribution is -2.04. The minimum atomic E-state index is 0.899. The molecule has 1 heterocycles. The summed E-state index contributed by atoms with van der Waals surface area (Å²) in [6.07, 6.45) is 2.09. The van der Waals surface area contributed by atoms with Gasteiger partial charge in [0.15, 0.2) is 0 Å². The quantitative estimate of drug-likeness (QED) is 0.587. The SMILES string of the molecule is C(=C1\Oc2ccccc2-c2ccccc21)/c1ccccc1. The Hall–Kier alpha value is -2.80. The smallest absolute Gasteiger partial charge is 0.135 e. The van der Waals surface area contributed by atoms with Crippen LogP contribution >= 0.6 is 0 Å². The summed E-state index contributed by atoms with van der Waals surface area (Å²) in [6.45, 7) is 0. The summed E-state index contributed by atoms with van der Waals surface area (Å²) in [7, 11) is 0. The van der Waals surface area contributed by atoms with Crippen LogP contribution in [-0.2, 0) is 0 Å². The molecule has 0 atom stereocenters. The van der Waals surface area contributed by atoms with Crippen LogP contribution in [0.3, 0.4) is 0 Å². The molecular formula is C20H14O. The van der Waals surface area contributed by atoms with Crippen LogP contribution in [-0.4, -0.2) is 0 Å². The van der Waals surface area contributed by atoms with E-state index in [4.69, 9.17) is 4.74 Å². The van der Waals surface area contributed by atoms with E-state index in [0.29, 0.717) is 0 Å². The Kier molecular flexibility index (Phi) is 2.82. The molecule has 0 amide bonds. The lowest BCUT2D eigenvalue weighted by molar-refractivity contribution is 0.515. The van der Waals surface area contributed by atoms with Gasteiger partial charge in [0.05, 0.1) is 0 Å². The highest BCUT2D eigenvalue weighted by molar-refractivity contribution is 5.92. The molecule has 3 aromatic carbocycles. The minimum Gasteiger partial charge on any atom is -0.456 e. The van der Waals surface area contributed by atoms with Crippen molar-refractivity contribution in [3.8, 4) is 16.9 Å². The molecule has 1 aliphatic rings. The zero-order valence-corrected chi connectivity index (χ0v) is 11.5. The average molecular weight is 270 g/mol. The summed E-state index contributed by atoms with van der Waals surface area (Å²) >= 11 is 0. The maximum atomic E-state index is 6.12. The molecule has 0 saturated carbocycles. The highest BCUT2D eigenvalue weighted by atomic mass is 16.5. The highest BCUT2D eigenvalue weighted by Gasteiger charge is 2.20. The van der Waals surface area contributed by atoms with Crippen molar-refractivity contribution in [2.75, 3.05) is 0 Å². The fourth-order valence-corrected chi connectivity index (χ4v) is 2.69. The van der Waals surface area contributed by atoms with Gasteiger partial charge in [0.25, 0.3) is 0 Å². The number of ether oxygens (including phenoxy) is 1. The van der Waals surface area contributed by atoms with Crippen molar-refractivity contribution in [3.05, 3.63) is 90.0 Å². The molecule has 1 aliphatic heterocycles. The second-order valence-corrected chi connectivity index (χ2v) is 5.06. The summed E-state index contributed by atoms with van der Waals surface area (Å²) < 4.78 is 6.12. The van der Waals surface area contributed by atoms with Gasteiger partial charge in [0.1, 0.15) is 11.5 Å². The molecule has 3 aromatic rings. The van der Waals surface area contributed by atoms with E-state index < -0.39 is 0 Å². The van der Waals surface area contributed by atoms with Crippen LogP contribution in [0.4, 0.5) is 0 Å². The number of hydrogen-bond acceptors (Lipinski definition) is 1. The minimum absolute atomic E-state index is 0.899. The molecule has 0 spiro atoms. The molecule has 0 N–H and O–H groups in total. The van der Waals surface area contributed by atoms with Crippen LogP contribution in [0.2, 0.25) is 0 Å². The van der Waals surface area contributed by atoms with Crippen LogP contribution in [0.1, 0.15) is 11.1 Å². The monoisotopic (exact) mass is 270 g/mol. The molecule has 100 valence electrons. The second-order valence-electron chi connectivity index (χ2n) is 5.06. The molecule has 0 radical (unpaired) electrons. The number of hydrogen-bond donors (Lipinski definition) is 0. The van der Waals surface area contributed by atoms with Gasteiger partial charge in [0.2, 0.25) is 0 Å². The van der Waals surface area contributed by atoms with E-state index in [0.717, 1.165) is 28.2 Å². The van der Waals surface area contributed by atoms with Crippen molar-refractivity contribution in [1.82, 2.24) is 0 Å². The zero-order valence-electron chi connectivity index (χ0n) is 11.5. The van der Waals surface area contributed by atoms with Crippen LogP contribution < -0.4 is 4.74 Å². The molecule has 1 nitrogen and oxygen atoms in total. The molecule has 0 fully saturated rings. The standard InChI is InChI=1S/C20H14O/c1-2-8-15(9-3-1)14-20-18-12-5-4-10-16(18)17-11-6-7-13-19(17)21-20/h1-14H/b20-14+. The van der Waals surface area contributed by atoms with E-state index in [1.54, 1.807) is 0 Å². The van der Waals surface area contributed by atoms with Crippen molar-refractivity contribution in [3.63, 3.8) is 0 Å². The number of fused-ring (bicyclic) bond motifs is 3. The second kappa shape index (κ2) is 4.95. The van der Waals surface area contributed by atoms with E-state index in [-0.39, 0.29) is 0 Å². The number of para-hydroxylation sites is 1. The van der Waals surface area contributed by atoms with E-state index in [1.165, 1.54) is 5.56 Å². The van der Waals surface area contributed by atoms with Crippen molar-refractivity contribution in [2.24, 2.45) is 0 Å². The van der Waals surface area contributed by atoms with Gasteiger partial charge in [-0.2, -0.15) is 0 Å². The van der Waals surface area contributed by atoms with E-state index in [1.807, 2.05) is 36.4 Å². The molecule has 0 aliphatic carbocycles. The fourth-order valence-electron chi connectivity index (χ4n) is 2.69. The fraction of sp³-hybridized carbons (Fsp3) is 0. The average Bonchev–Trinajstić information content (AvgIpc) is 2.56. The van der Waals surface area contributed by atoms with Gasteiger partial charge in [-0.25, -0.2) is 0 Å². The first-order valence-corrected chi connectivity index (χ1v) is 7.05. The van der Waals surface area contributed by atoms with Crippen LogP contribution in [0.15, 0.2) is 78.9 Å². The third-order valence-electron chi connectivity index (χ3n) is 3.69. The van der Waals surface area contributed by atoms with Crippen molar-refractivity contribution in [2.45, 2.75) is 0 Å². The lowest BCUT2D eigenvalue weighted by atomic mass is 9.94. The zero-order chi connectivity index (χ0) is 14.1. The van der Waals surface area contributed by atoms with Crippen molar-refractivity contribution in [1.29, 1.82) is 0 Å². The predicted molar refractivity (Wildman–Crippen MR) is 86.8 cm³/mol. The molecule has 21 heavy (non-hydrogen) atoms. The Bertz CT molecular complexity index is 816. The third-order valence-corrected chi connectivity index (χ3v) is 3.69. The Morgan fingerprint density at radius 1 is 0.571 bits per heavy atom. The van der Waals surface area contributed by atoms with Gasteiger partial charge in [0, 0.05) is 11.1 Å². The molecule has 0 aromatic heterocycles. The molecular weight excluding hydrogens is 256 g/mol. The Labute approximate surface area is 124 Å². The van der Waals surface area contributed by atoms with Crippen molar-refractivity contribution < 1.29 is 4.74 Å². The molecule has 0 saturated heterocycles. The maximum absolute atomic E-state index is 6.12. The van der Waals surface area contributed by atoms with Crippen LogP contribution in [0.5, 0.6) is 5.75 Å². The summed E-state index contributed by atoms with van der Waals surface area (Å²) in [4.78, 5) is 0. The van der Waals surface area contributed by atoms with Crippen LogP contribution in [0, 0.1) is 0 Å². The molecule has 4 rings (SSSR count). The molecule has 0 unspecified atom stereocenters. The topological polar surface area (TPSA) is 9.23 Å². The van der Waals surface area contributed by atoms with Gasteiger partial charge in [-0.15, -0.1) is 0 Å². The van der Waals surface area contributed by atoms with Gasteiger partial charge >= 0.3 is 0 Å². The van der Waals surface area contributed by atoms with E-state index in [2.05, 4.69) is 48.5 Å². The lowest BCUT2D eigenvalue weighted by Gasteiger charge is -2.22. The van der Waals surface area contributed by atoms with E-state index >= 15 is 0 Å². The number of rotatable bonds is 1. The molecule has 0 bridgehead atoms. The van der Waals surface area contributed by atoms with E-state index in [9.17, 15) is 0 Å². The Balaban J connectivity index is 1.91. The van der Waals surface area contributed by atoms with Crippen molar-refractivity contribution >= 4 is 11.8 Å². The third kappa shape index (κ3) is 2.13.